The molecule has 1 amide bonds. The van der Waals surface area contributed by atoms with Gasteiger partial charge in [0.05, 0.1) is 6.54 Å². The van der Waals surface area contributed by atoms with Crippen LogP contribution < -0.4 is 10.6 Å². The van der Waals surface area contributed by atoms with Gasteiger partial charge in [-0.25, -0.2) is 0 Å². The van der Waals surface area contributed by atoms with Gasteiger partial charge in [0.25, 0.3) is 0 Å². The Balaban J connectivity index is 1.86. The zero-order valence-corrected chi connectivity index (χ0v) is 14.1. The van der Waals surface area contributed by atoms with Gasteiger partial charge < -0.3 is 15.5 Å². The molecular formula is C16H30N4O. The number of amides is 1. The quantitative estimate of drug-likeness (QED) is 0.460. The van der Waals surface area contributed by atoms with Crippen LogP contribution in [0, 0.1) is 11.3 Å². The van der Waals surface area contributed by atoms with Crippen molar-refractivity contribution in [1.29, 1.82) is 0 Å². The van der Waals surface area contributed by atoms with Crippen LogP contribution in [-0.4, -0.2) is 48.5 Å². The Morgan fingerprint density at radius 3 is 2.38 bits per heavy atom. The fraction of sp³-hybridized carbons (Fsp3) is 0.875. The maximum atomic E-state index is 11.6. The smallest absolute Gasteiger partial charge is 0.223 e. The third-order valence-electron chi connectivity index (χ3n) is 5.10. The lowest BCUT2D eigenvalue weighted by Gasteiger charge is -2.62. The molecule has 2 N–H and O–H groups in total. The van der Waals surface area contributed by atoms with Gasteiger partial charge in [0.2, 0.25) is 5.91 Å². The molecule has 0 radical (unpaired) electrons. The number of likely N-dealkylation sites (tertiary alicyclic amines) is 1. The molecule has 120 valence electrons. The Bertz CT molecular complexity index is 424. The SMILES string of the molecule is CCNC(=NCCNC(=O)C1CC1)N1CC(C)(C)C1(C)C. The molecular weight excluding hydrogens is 264 g/mol. The highest BCUT2D eigenvalue weighted by molar-refractivity contribution is 5.82. The molecule has 0 aromatic carbocycles. The Kier molecular flexibility index (Phi) is 4.49. The first-order valence-electron chi connectivity index (χ1n) is 8.13. The summed E-state index contributed by atoms with van der Waals surface area (Å²) in [5.41, 5.74) is 0.397. The number of hydrogen-bond acceptors (Lipinski definition) is 2. The molecule has 21 heavy (non-hydrogen) atoms. The van der Waals surface area contributed by atoms with Gasteiger partial charge in [-0.3, -0.25) is 9.79 Å². The second-order valence-electron chi connectivity index (χ2n) is 7.33. The maximum Gasteiger partial charge on any atom is 0.223 e. The minimum absolute atomic E-state index is 0.102. The molecule has 1 aliphatic heterocycles. The molecule has 1 aliphatic carbocycles. The van der Waals surface area contributed by atoms with Crippen molar-refractivity contribution in [2.75, 3.05) is 26.2 Å². The monoisotopic (exact) mass is 294 g/mol. The highest BCUT2D eigenvalue weighted by Gasteiger charge is 2.53. The van der Waals surface area contributed by atoms with Gasteiger partial charge in [-0.1, -0.05) is 13.8 Å². The van der Waals surface area contributed by atoms with Gasteiger partial charge in [-0.2, -0.15) is 0 Å². The van der Waals surface area contributed by atoms with E-state index in [-0.39, 0.29) is 17.4 Å². The number of guanidine groups is 1. The summed E-state index contributed by atoms with van der Waals surface area (Å²) < 4.78 is 0. The zero-order chi connectivity index (χ0) is 15.7. The summed E-state index contributed by atoms with van der Waals surface area (Å²) >= 11 is 0. The summed E-state index contributed by atoms with van der Waals surface area (Å²) in [6, 6.07) is 0. The third-order valence-corrected chi connectivity index (χ3v) is 5.10. The molecule has 0 bridgehead atoms. The lowest BCUT2D eigenvalue weighted by molar-refractivity contribution is -0.122. The minimum atomic E-state index is 0.102. The molecule has 1 saturated carbocycles. The second kappa shape index (κ2) is 5.85. The van der Waals surface area contributed by atoms with Gasteiger partial charge in [0.1, 0.15) is 0 Å². The van der Waals surface area contributed by atoms with E-state index in [1.165, 1.54) is 0 Å². The van der Waals surface area contributed by atoms with Crippen LogP contribution in [0.5, 0.6) is 0 Å². The largest absolute Gasteiger partial charge is 0.356 e. The Hall–Kier alpha value is -1.26. The maximum absolute atomic E-state index is 11.6. The summed E-state index contributed by atoms with van der Waals surface area (Å²) in [7, 11) is 0. The van der Waals surface area contributed by atoms with Gasteiger partial charge >= 0.3 is 0 Å². The van der Waals surface area contributed by atoms with E-state index < -0.39 is 0 Å². The van der Waals surface area contributed by atoms with Crippen molar-refractivity contribution in [2.45, 2.75) is 53.0 Å². The van der Waals surface area contributed by atoms with Crippen LogP contribution in [0.4, 0.5) is 0 Å². The molecule has 5 nitrogen and oxygen atoms in total. The molecule has 2 rings (SSSR count). The van der Waals surface area contributed by atoms with E-state index in [1.807, 2.05) is 0 Å². The summed E-state index contributed by atoms with van der Waals surface area (Å²) in [6.45, 7) is 14.3. The molecule has 0 aromatic heterocycles. The Morgan fingerprint density at radius 2 is 1.90 bits per heavy atom. The van der Waals surface area contributed by atoms with Gasteiger partial charge in [-0.05, 0) is 33.6 Å². The van der Waals surface area contributed by atoms with Crippen LogP contribution in [0.25, 0.3) is 0 Å². The van der Waals surface area contributed by atoms with Crippen molar-refractivity contribution in [3.8, 4) is 0 Å². The van der Waals surface area contributed by atoms with Crippen molar-refractivity contribution in [1.82, 2.24) is 15.5 Å². The zero-order valence-electron chi connectivity index (χ0n) is 14.1. The highest BCUT2D eigenvalue weighted by atomic mass is 16.2. The van der Waals surface area contributed by atoms with E-state index in [9.17, 15) is 4.79 Å². The number of rotatable bonds is 5. The van der Waals surface area contributed by atoms with E-state index in [0.29, 0.717) is 18.5 Å². The standard InChI is InChI=1S/C16H30N4O/c1-6-17-14(20-11-15(2,3)16(20,4)5)19-10-9-18-13(21)12-7-8-12/h12H,6-11H2,1-5H3,(H,17,19)(H,18,21). The van der Waals surface area contributed by atoms with Crippen molar-refractivity contribution >= 4 is 11.9 Å². The molecule has 0 atom stereocenters. The van der Waals surface area contributed by atoms with E-state index in [2.05, 4.69) is 55.1 Å². The topological polar surface area (TPSA) is 56.7 Å². The molecule has 2 fully saturated rings. The predicted molar refractivity (Wildman–Crippen MR) is 86.3 cm³/mol. The minimum Gasteiger partial charge on any atom is -0.356 e. The van der Waals surface area contributed by atoms with Crippen LogP contribution in [0.2, 0.25) is 0 Å². The van der Waals surface area contributed by atoms with Crippen LogP contribution >= 0.6 is 0 Å². The third kappa shape index (κ3) is 3.33. The number of nitrogens with one attached hydrogen (secondary N) is 2. The van der Waals surface area contributed by atoms with E-state index in [1.54, 1.807) is 0 Å². The summed E-state index contributed by atoms with van der Waals surface area (Å²) in [5, 5.41) is 6.33. The Labute approximate surface area is 128 Å². The summed E-state index contributed by atoms with van der Waals surface area (Å²) in [6.07, 6.45) is 2.10. The summed E-state index contributed by atoms with van der Waals surface area (Å²) in [5.74, 6) is 1.43. The number of carbonyl (C=O) groups excluding carboxylic acids is 1. The lowest BCUT2D eigenvalue weighted by Crippen LogP contribution is -2.72. The first kappa shape index (κ1) is 16.1. The molecule has 1 heterocycles. The number of hydrogen-bond donors (Lipinski definition) is 2. The molecule has 1 saturated heterocycles. The molecule has 5 heteroatoms. The van der Waals surface area contributed by atoms with Crippen LogP contribution in [0.15, 0.2) is 4.99 Å². The first-order valence-corrected chi connectivity index (χ1v) is 8.13. The van der Waals surface area contributed by atoms with Gasteiger partial charge in [0, 0.05) is 36.5 Å². The van der Waals surface area contributed by atoms with Crippen molar-refractivity contribution < 1.29 is 4.79 Å². The van der Waals surface area contributed by atoms with Gasteiger partial charge in [0.15, 0.2) is 5.96 Å². The number of nitrogens with zero attached hydrogens (tertiary/aromatic N) is 2. The predicted octanol–water partition coefficient (Wildman–Crippen LogP) is 1.60. The molecule has 0 spiro atoms. The molecule has 2 aliphatic rings. The van der Waals surface area contributed by atoms with Crippen molar-refractivity contribution in [3.05, 3.63) is 0 Å². The fourth-order valence-corrected chi connectivity index (χ4v) is 2.63. The second-order valence-corrected chi connectivity index (χ2v) is 7.33. The highest BCUT2D eigenvalue weighted by Crippen LogP contribution is 2.46. The van der Waals surface area contributed by atoms with Crippen molar-refractivity contribution in [2.24, 2.45) is 16.3 Å². The molecule has 0 aromatic rings. The van der Waals surface area contributed by atoms with Gasteiger partial charge in [-0.15, -0.1) is 0 Å². The van der Waals surface area contributed by atoms with Crippen LogP contribution in [-0.2, 0) is 4.79 Å². The normalized spacial score (nSPS) is 23.5. The Morgan fingerprint density at radius 1 is 1.24 bits per heavy atom. The number of aliphatic imine (C=N–C) groups is 1. The average Bonchev–Trinajstić information content (AvgIpc) is 3.24. The number of carbonyl (C=O) groups is 1. The molecule has 0 unspecified atom stereocenters. The van der Waals surface area contributed by atoms with E-state index >= 15 is 0 Å². The average molecular weight is 294 g/mol. The fourth-order valence-electron chi connectivity index (χ4n) is 2.63. The van der Waals surface area contributed by atoms with Crippen LogP contribution in [0.3, 0.4) is 0 Å². The van der Waals surface area contributed by atoms with Crippen LogP contribution in [0.1, 0.15) is 47.5 Å². The van der Waals surface area contributed by atoms with E-state index in [4.69, 9.17) is 0 Å². The van der Waals surface area contributed by atoms with Crippen molar-refractivity contribution in [3.63, 3.8) is 0 Å². The lowest BCUT2D eigenvalue weighted by atomic mass is 9.65. The summed E-state index contributed by atoms with van der Waals surface area (Å²) in [4.78, 5) is 18.6. The first-order chi connectivity index (χ1) is 9.79. The van der Waals surface area contributed by atoms with E-state index in [0.717, 1.165) is 31.9 Å².